The maximum atomic E-state index is 14.3. The molecule has 38 heavy (non-hydrogen) atoms. The number of nitrogens with one attached hydrogen (secondary N) is 2. The van der Waals surface area contributed by atoms with Gasteiger partial charge >= 0.3 is 6.09 Å². The molecule has 1 aliphatic rings. The number of amides is 3. The third-order valence-electron chi connectivity index (χ3n) is 6.69. The van der Waals surface area contributed by atoms with Crippen LogP contribution in [0.1, 0.15) is 77.1 Å². The summed E-state index contributed by atoms with van der Waals surface area (Å²) < 4.78 is 5.48. The van der Waals surface area contributed by atoms with Gasteiger partial charge in [-0.05, 0) is 69.1 Å². The first-order valence-electron chi connectivity index (χ1n) is 13.6. The molecular weight excluding hydrogens is 478 g/mol. The van der Waals surface area contributed by atoms with Crippen LogP contribution in [0.3, 0.4) is 0 Å². The molecule has 0 heterocycles. The Balaban J connectivity index is 1.97. The molecule has 3 rings (SSSR count). The van der Waals surface area contributed by atoms with E-state index in [1.54, 1.807) is 25.7 Å². The van der Waals surface area contributed by atoms with Crippen molar-refractivity contribution in [1.29, 1.82) is 0 Å². The standard InChI is InChI=1S/C31H43N3O4/c1-20(2)17-25(33-30(37)38-31(5,6)7)29(36)34(26-18-22(26)4)27(24-16-12-11-13-21(24)3)28(35)32-19-23-14-9-8-10-15-23/h8-16,20,22,25-27H,17-19H2,1-7H3,(H,32,35)(H,33,37). The lowest BCUT2D eigenvalue weighted by molar-refractivity contribution is -0.143. The number of hydrogen-bond acceptors (Lipinski definition) is 4. The van der Waals surface area contributed by atoms with Crippen LogP contribution in [0.5, 0.6) is 0 Å². The summed E-state index contributed by atoms with van der Waals surface area (Å²) in [5.74, 6) is -0.104. The molecule has 0 aromatic heterocycles. The SMILES string of the molecule is Cc1ccccc1C(C(=O)NCc1ccccc1)N(C(=O)C(CC(C)C)NC(=O)OC(C)(C)C)C1CC1C. The highest BCUT2D eigenvalue weighted by Gasteiger charge is 2.48. The number of benzene rings is 2. The fourth-order valence-corrected chi connectivity index (χ4v) is 4.69. The molecule has 2 N–H and O–H groups in total. The third kappa shape index (κ3) is 8.07. The average molecular weight is 522 g/mol. The lowest BCUT2D eigenvalue weighted by Gasteiger charge is -2.36. The summed E-state index contributed by atoms with van der Waals surface area (Å²) in [6.07, 6.45) is 0.601. The molecule has 2 aromatic rings. The van der Waals surface area contributed by atoms with Crippen molar-refractivity contribution in [2.24, 2.45) is 11.8 Å². The average Bonchev–Trinajstić information content (AvgIpc) is 3.55. The molecule has 3 amide bonds. The first kappa shape index (κ1) is 29.2. The summed E-state index contributed by atoms with van der Waals surface area (Å²) in [5, 5.41) is 5.88. The van der Waals surface area contributed by atoms with Crippen LogP contribution in [0.15, 0.2) is 54.6 Å². The van der Waals surface area contributed by atoms with Crippen LogP contribution in [0.2, 0.25) is 0 Å². The van der Waals surface area contributed by atoms with E-state index in [1.807, 2.05) is 75.4 Å². The minimum Gasteiger partial charge on any atom is -0.444 e. The first-order chi connectivity index (χ1) is 17.9. The molecule has 0 spiro atoms. The van der Waals surface area contributed by atoms with Crippen molar-refractivity contribution in [2.75, 3.05) is 0 Å². The van der Waals surface area contributed by atoms with Gasteiger partial charge in [0.05, 0.1) is 0 Å². The minimum atomic E-state index is -0.822. The largest absolute Gasteiger partial charge is 0.444 e. The molecule has 2 aromatic carbocycles. The van der Waals surface area contributed by atoms with Gasteiger partial charge in [0.25, 0.3) is 0 Å². The van der Waals surface area contributed by atoms with Gasteiger partial charge in [0.1, 0.15) is 17.7 Å². The first-order valence-corrected chi connectivity index (χ1v) is 13.6. The Morgan fingerprint density at radius 2 is 1.63 bits per heavy atom. The summed E-state index contributed by atoms with van der Waals surface area (Å²) in [7, 11) is 0. The highest BCUT2D eigenvalue weighted by Crippen LogP contribution is 2.41. The normalized spacial score (nSPS) is 18.3. The molecule has 0 bridgehead atoms. The molecule has 7 nitrogen and oxygen atoms in total. The lowest BCUT2D eigenvalue weighted by Crippen LogP contribution is -2.54. The number of carbonyl (C=O) groups excluding carboxylic acids is 3. The number of rotatable bonds is 10. The third-order valence-corrected chi connectivity index (χ3v) is 6.69. The van der Waals surface area contributed by atoms with Crippen molar-refractivity contribution in [3.8, 4) is 0 Å². The van der Waals surface area contributed by atoms with E-state index < -0.39 is 23.8 Å². The number of nitrogens with zero attached hydrogens (tertiary/aromatic N) is 1. The van der Waals surface area contributed by atoms with E-state index in [1.165, 1.54) is 0 Å². The second-order valence-electron chi connectivity index (χ2n) is 11.8. The monoisotopic (exact) mass is 521 g/mol. The van der Waals surface area contributed by atoms with Crippen molar-refractivity contribution in [3.05, 3.63) is 71.3 Å². The van der Waals surface area contributed by atoms with Crippen LogP contribution in [0, 0.1) is 18.8 Å². The molecule has 1 aliphatic carbocycles. The molecule has 4 unspecified atom stereocenters. The van der Waals surface area contributed by atoms with Gasteiger partial charge in [0.15, 0.2) is 0 Å². The second kappa shape index (κ2) is 12.5. The van der Waals surface area contributed by atoms with Crippen LogP contribution < -0.4 is 10.6 Å². The molecular formula is C31H43N3O4. The van der Waals surface area contributed by atoms with E-state index >= 15 is 0 Å². The van der Waals surface area contributed by atoms with Crippen molar-refractivity contribution in [2.45, 2.75) is 91.6 Å². The fraction of sp³-hybridized carbons (Fsp3) is 0.516. The quantitative estimate of drug-likeness (QED) is 0.430. The van der Waals surface area contributed by atoms with E-state index in [0.717, 1.165) is 23.1 Å². The molecule has 4 atom stereocenters. The van der Waals surface area contributed by atoms with Crippen molar-refractivity contribution < 1.29 is 19.1 Å². The van der Waals surface area contributed by atoms with Crippen LogP contribution in [0.4, 0.5) is 4.79 Å². The Labute approximate surface area is 227 Å². The zero-order chi connectivity index (χ0) is 28.0. The van der Waals surface area contributed by atoms with Crippen LogP contribution in [0.25, 0.3) is 0 Å². The summed E-state index contributed by atoms with van der Waals surface area (Å²) in [6, 6.07) is 15.7. The number of ether oxygens (including phenoxy) is 1. The maximum Gasteiger partial charge on any atom is 0.408 e. The number of carbonyl (C=O) groups is 3. The highest BCUT2D eigenvalue weighted by atomic mass is 16.6. The van der Waals surface area contributed by atoms with Gasteiger partial charge in [0.2, 0.25) is 11.8 Å². The Morgan fingerprint density at radius 1 is 1.03 bits per heavy atom. The smallest absolute Gasteiger partial charge is 0.408 e. The van der Waals surface area contributed by atoms with E-state index in [0.29, 0.717) is 13.0 Å². The number of alkyl carbamates (subject to hydrolysis) is 1. The van der Waals surface area contributed by atoms with Crippen LogP contribution >= 0.6 is 0 Å². The van der Waals surface area contributed by atoms with Gasteiger partial charge in [-0.3, -0.25) is 9.59 Å². The van der Waals surface area contributed by atoms with Crippen molar-refractivity contribution in [3.63, 3.8) is 0 Å². The van der Waals surface area contributed by atoms with Gasteiger partial charge in [-0.25, -0.2) is 4.79 Å². The number of hydrogen-bond donors (Lipinski definition) is 2. The van der Waals surface area contributed by atoms with Gasteiger partial charge in [-0.2, -0.15) is 0 Å². The highest BCUT2D eigenvalue weighted by molar-refractivity contribution is 5.92. The van der Waals surface area contributed by atoms with Gasteiger partial charge in [0, 0.05) is 12.6 Å². The molecule has 0 radical (unpaired) electrons. The zero-order valence-electron chi connectivity index (χ0n) is 23.8. The Bertz CT molecular complexity index is 1110. The Hall–Kier alpha value is -3.35. The lowest BCUT2D eigenvalue weighted by atomic mass is 9.96. The van der Waals surface area contributed by atoms with Gasteiger partial charge in [-0.15, -0.1) is 0 Å². The van der Waals surface area contributed by atoms with Gasteiger partial charge < -0.3 is 20.3 Å². The van der Waals surface area contributed by atoms with Crippen LogP contribution in [-0.4, -0.2) is 40.5 Å². The van der Waals surface area contributed by atoms with E-state index in [2.05, 4.69) is 17.6 Å². The van der Waals surface area contributed by atoms with Crippen molar-refractivity contribution >= 4 is 17.9 Å². The number of aryl methyl sites for hydroxylation is 1. The summed E-state index contributed by atoms with van der Waals surface area (Å²) in [5.41, 5.74) is 2.00. The Morgan fingerprint density at radius 3 is 2.18 bits per heavy atom. The van der Waals surface area contributed by atoms with E-state index in [4.69, 9.17) is 4.74 Å². The predicted molar refractivity (Wildman–Crippen MR) is 149 cm³/mol. The topological polar surface area (TPSA) is 87.7 Å². The molecule has 0 aliphatic heterocycles. The summed E-state index contributed by atoms with van der Waals surface area (Å²) >= 11 is 0. The zero-order valence-corrected chi connectivity index (χ0v) is 23.8. The van der Waals surface area contributed by atoms with Gasteiger partial charge in [-0.1, -0.05) is 75.4 Å². The van der Waals surface area contributed by atoms with Crippen molar-refractivity contribution in [1.82, 2.24) is 15.5 Å². The maximum absolute atomic E-state index is 14.3. The summed E-state index contributed by atoms with van der Waals surface area (Å²) in [6.45, 7) is 13.8. The molecule has 1 fully saturated rings. The van der Waals surface area contributed by atoms with Crippen LogP contribution in [-0.2, 0) is 20.9 Å². The Kier molecular flexibility index (Phi) is 9.58. The fourth-order valence-electron chi connectivity index (χ4n) is 4.69. The molecule has 1 saturated carbocycles. The van der Waals surface area contributed by atoms with E-state index in [9.17, 15) is 14.4 Å². The second-order valence-corrected chi connectivity index (χ2v) is 11.8. The molecule has 0 saturated heterocycles. The summed E-state index contributed by atoms with van der Waals surface area (Å²) in [4.78, 5) is 42.6. The predicted octanol–water partition coefficient (Wildman–Crippen LogP) is 5.53. The molecule has 206 valence electrons. The molecule has 7 heteroatoms. The van der Waals surface area contributed by atoms with E-state index in [-0.39, 0.29) is 29.7 Å². The minimum absolute atomic E-state index is 0.0929.